The minimum Gasteiger partial charge on any atom is -0.508 e. The van der Waals surface area contributed by atoms with E-state index in [0.29, 0.717) is 5.75 Å². The van der Waals surface area contributed by atoms with Gasteiger partial charge in [0.2, 0.25) is 0 Å². The molecule has 0 unspecified atom stereocenters. The quantitative estimate of drug-likeness (QED) is 0.771. The SMILES string of the molecule is Oc1cccc(Cc2cccs2)c1. The first kappa shape index (κ1) is 8.32. The van der Waals surface area contributed by atoms with Crippen LogP contribution in [0.15, 0.2) is 41.8 Å². The molecule has 0 aliphatic rings. The average Bonchev–Trinajstić information content (AvgIpc) is 2.57. The van der Waals surface area contributed by atoms with Crippen molar-refractivity contribution in [3.05, 3.63) is 52.2 Å². The molecule has 0 spiro atoms. The zero-order valence-electron chi connectivity index (χ0n) is 7.10. The number of hydrogen-bond donors (Lipinski definition) is 1. The van der Waals surface area contributed by atoms with Crippen molar-refractivity contribution in [2.24, 2.45) is 0 Å². The van der Waals surface area contributed by atoms with E-state index in [1.807, 2.05) is 18.2 Å². The van der Waals surface area contributed by atoms with Gasteiger partial charge in [-0.3, -0.25) is 0 Å². The Morgan fingerprint density at radius 2 is 2.08 bits per heavy atom. The van der Waals surface area contributed by atoms with E-state index in [2.05, 4.69) is 11.4 Å². The minimum absolute atomic E-state index is 0.342. The molecule has 0 fully saturated rings. The van der Waals surface area contributed by atoms with Crippen molar-refractivity contribution in [3.63, 3.8) is 0 Å². The van der Waals surface area contributed by atoms with Crippen LogP contribution in [0.2, 0.25) is 0 Å². The lowest BCUT2D eigenvalue weighted by atomic mass is 10.1. The molecule has 1 heterocycles. The van der Waals surface area contributed by atoms with Crippen LogP contribution < -0.4 is 0 Å². The summed E-state index contributed by atoms with van der Waals surface area (Å²) in [7, 11) is 0. The third kappa shape index (κ3) is 2.10. The number of phenols is 1. The van der Waals surface area contributed by atoms with E-state index in [4.69, 9.17) is 0 Å². The molecule has 0 bridgehead atoms. The molecule has 0 saturated heterocycles. The van der Waals surface area contributed by atoms with Gasteiger partial charge in [0.1, 0.15) is 5.75 Å². The normalized spacial score (nSPS) is 10.2. The number of phenolic OH excluding ortho intramolecular Hbond substituents is 1. The summed E-state index contributed by atoms with van der Waals surface area (Å²) in [6.07, 6.45) is 0.909. The Morgan fingerprint density at radius 3 is 2.77 bits per heavy atom. The maximum atomic E-state index is 9.25. The highest BCUT2D eigenvalue weighted by molar-refractivity contribution is 7.09. The van der Waals surface area contributed by atoms with Gasteiger partial charge in [-0.2, -0.15) is 0 Å². The maximum Gasteiger partial charge on any atom is 0.115 e. The second kappa shape index (κ2) is 3.62. The molecule has 0 atom stereocenters. The van der Waals surface area contributed by atoms with Crippen molar-refractivity contribution in [2.45, 2.75) is 6.42 Å². The van der Waals surface area contributed by atoms with E-state index in [1.165, 1.54) is 4.88 Å². The Bertz CT molecular complexity index is 379. The van der Waals surface area contributed by atoms with Crippen LogP contribution in [0.25, 0.3) is 0 Å². The van der Waals surface area contributed by atoms with Gasteiger partial charge in [-0.25, -0.2) is 0 Å². The summed E-state index contributed by atoms with van der Waals surface area (Å²) < 4.78 is 0. The van der Waals surface area contributed by atoms with Gasteiger partial charge in [0.15, 0.2) is 0 Å². The zero-order chi connectivity index (χ0) is 9.10. The summed E-state index contributed by atoms with van der Waals surface area (Å²) in [5.41, 5.74) is 1.16. The number of hydrogen-bond acceptors (Lipinski definition) is 2. The second-order valence-corrected chi connectivity index (χ2v) is 3.96. The number of benzene rings is 1. The molecule has 1 aromatic heterocycles. The third-order valence-corrected chi connectivity index (χ3v) is 2.75. The third-order valence-electron chi connectivity index (χ3n) is 1.87. The van der Waals surface area contributed by atoms with Crippen molar-refractivity contribution in [2.75, 3.05) is 0 Å². The Labute approximate surface area is 81.3 Å². The molecule has 66 valence electrons. The molecule has 0 saturated carbocycles. The second-order valence-electron chi connectivity index (χ2n) is 2.93. The van der Waals surface area contributed by atoms with Crippen LogP contribution in [-0.4, -0.2) is 5.11 Å². The maximum absolute atomic E-state index is 9.25. The minimum atomic E-state index is 0.342. The molecular weight excluding hydrogens is 180 g/mol. The van der Waals surface area contributed by atoms with E-state index in [9.17, 15) is 5.11 Å². The Kier molecular flexibility index (Phi) is 2.32. The van der Waals surface area contributed by atoms with Crippen LogP contribution in [-0.2, 0) is 6.42 Å². The summed E-state index contributed by atoms with van der Waals surface area (Å²) in [6.45, 7) is 0. The summed E-state index contributed by atoms with van der Waals surface area (Å²) in [6, 6.07) is 11.5. The zero-order valence-corrected chi connectivity index (χ0v) is 7.92. The van der Waals surface area contributed by atoms with E-state index >= 15 is 0 Å². The summed E-state index contributed by atoms with van der Waals surface area (Å²) >= 11 is 1.74. The average molecular weight is 190 g/mol. The first-order valence-electron chi connectivity index (χ1n) is 4.15. The molecule has 1 N–H and O–H groups in total. The molecule has 13 heavy (non-hydrogen) atoms. The first-order chi connectivity index (χ1) is 6.34. The van der Waals surface area contributed by atoms with Crippen molar-refractivity contribution in [3.8, 4) is 5.75 Å². The van der Waals surface area contributed by atoms with Crippen molar-refractivity contribution in [1.82, 2.24) is 0 Å². The van der Waals surface area contributed by atoms with Crippen LogP contribution in [0, 0.1) is 0 Å². The van der Waals surface area contributed by atoms with E-state index in [1.54, 1.807) is 23.5 Å². The van der Waals surface area contributed by atoms with Crippen LogP contribution in [0.5, 0.6) is 5.75 Å². The summed E-state index contributed by atoms with van der Waals surface area (Å²) in [5, 5.41) is 11.3. The molecule has 0 radical (unpaired) electrons. The van der Waals surface area contributed by atoms with Gasteiger partial charge in [0.25, 0.3) is 0 Å². The van der Waals surface area contributed by atoms with Gasteiger partial charge in [-0.1, -0.05) is 18.2 Å². The van der Waals surface area contributed by atoms with E-state index < -0.39 is 0 Å². The lowest BCUT2D eigenvalue weighted by Gasteiger charge is -1.98. The molecule has 0 aliphatic carbocycles. The lowest BCUT2D eigenvalue weighted by molar-refractivity contribution is 0.474. The number of aromatic hydroxyl groups is 1. The Hall–Kier alpha value is -1.28. The Balaban J connectivity index is 2.19. The highest BCUT2D eigenvalue weighted by Crippen LogP contribution is 2.17. The molecule has 2 heteroatoms. The van der Waals surface area contributed by atoms with E-state index in [0.717, 1.165) is 12.0 Å². The van der Waals surface area contributed by atoms with Gasteiger partial charge >= 0.3 is 0 Å². The van der Waals surface area contributed by atoms with Crippen LogP contribution >= 0.6 is 11.3 Å². The van der Waals surface area contributed by atoms with E-state index in [-0.39, 0.29) is 0 Å². The fraction of sp³-hybridized carbons (Fsp3) is 0.0909. The fourth-order valence-electron chi connectivity index (χ4n) is 1.28. The molecule has 2 rings (SSSR count). The van der Waals surface area contributed by atoms with Crippen molar-refractivity contribution in [1.29, 1.82) is 0 Å². The van der Waals surface area contributed by atoms with Gasteiger partial charge in [-0.05, 0) is 29.1 Å². The van der Waals surface area contributed by atoms with Crippen LogP contribution in [0.3, 0.4) is 0 Å². The molecule has 1 nitrogen and oxygen atoms in total. The van der Waals surface area contributed by atoms with Crippen LogP contribution in [0.1, 0.15) is 10.4 Å². The van der Waals surface area contributed by atoms with Gasteiger partial charge in [-0.15, -0.1) is 11.3 Å². The summed E-state index contributed by atoms with van der Waals surface area (Å²) in [5.74, 6) is 0.342. The molecule has 2 aromatic rings. The first-order valence-corrected chi connectivity index (χ1v) is 5.03. The largest absolute Gasteiger partial charge is 0.508 e. The van der Waals surface area contributed by atoms with Gasteiger partial charge < -0.3 is 5.11 Å². The number of rotatable bonds is 2. The monoisotopic (exact) mass is 190 g/mol. The van der Waals surface area contributed by atoms with Gasteiger partial charge in [0.05, 0.1) is 0 Å². The summed E-state index contributed by atoms with van der Waals surface area (Å²) in [4.78, 5) is 1.32. The Morgan fingerprint density at radius 1 is 1.15 bits per heavy atom. The molecular formula is C11H10OS. The van der Waals surface area contributed by atoms with Crippen LogP contribution in [0.4, 0.5) is 0 Å². The number of thiophene rings is 1. The lowest BCUT2D eigenvalue weighted by Crippen LogP contribution is -1.82. The van der Waals surface area contributed by atoms with Crippen molar-refractivity contribution >= 4 is 11.3 Å². The fourth-order valence-corrected chi connectivity index (χ4v) is 2.02. The standard InChI is InChI=1S/C11H10OS/c12-10-4-1-3-9(7-10)8-11-5-2-6-13-11/h1-7,12H,8H2. The molecule has 0 aliphatic heterocycles. The molecule has 0 amide bonds. The van der Waals surface area contributed by atoms with Crippen molar-refractivity contribution < 1.29 is 5.11 Å². The predicted molar refractivity (Wildman–Crippen MR) is 55.2 cm³/mol. The smallest absolute Gasteiger partial charge is 0.115 e. The van der Waals surface area contributed by atoms with Gasteiger partial charge in [0, 0.05) is 11.3 Å². The highest BCUT2D eigenvalue weighted by Gasteiger charge is 1.97. The highest BCUT2D eigenvalue weighted by atomic mass is 32.1. The molecule has 1 aromatic carbocycles. The predicted octanol–water partition coefficient (Wildman–Crippen LogP) is 3.04. The topological polar surface area (TPSA) is 20.2 Å².